The first kappa shape index (κ1) is 11.3. The van der Waals surface area contributed by atoms with Crippen molar-refractivity contribution in [3.8, 4) is 0 Å². The molecule has 0 radical (unpaired) electrons. The Kier molecular flexibility index (Phi) is 2.74. The van der Waals surface area contributed by atoms with Crippen LogP contribution in [0.1, 0.15) is 36.8 Å². The number of fused-ring (bicyclic) bond motifs is 2. The molecule has 2 saturated carbocycles. The monoisotopic (exact) mass is 229 g/mol. The van der Waals surface area contributed by atoms with Crippen molar-refractivity contribution in [2.45, 2.75) is 39.0 Å². The zero-order chi connectivity index (χ0) is 11.9. The van der Waals surface area contributed by atoms with Crippen LogP contribution in [-0.2, 0) is 6.42 Å². The molecule has 0 saturated heterocycles. The molecule has 0 aromatic heterocycles. The van der Waals surface area contributed by atoms with Gasteiger partial charge in [0, 0.05) is 0 Å². The van der Waals surface area contributed by atoms with E-state index in [0.717, 1.165) is 18.4 Å². The van der Waals surface area contributed by atoms with Crippen molar-refractivity contribution in [1.29, 1.82) is 0 Å². The van der Waals surface area contributed by atoms with Gasteiger partial charge in [0.2, 0.25) is 0 Å². The fourth-order valence-corrected chi connectivity index (χ4v) is 4.33. The van der Waals surface area contributed by atoms with Crippen molar-refractivity contribution in [3.05, 3.63) is 35.4 Å². The standard InChI is InChI=1S/C16H23N/c1-12-3-2-4-13(7-12)9-16(11-17)10-14-5-6-15(16)8-14/h2-4,7,14-15H,5-6,8-11,17H2,1H3. The van der Waals surface area contributed by atoms with Gasteiger partial charge in [-0.05, 0) is 62.0 Å². The Balaban J connectivity index is 1.83. The van der Waals surface area contributed by atoms with Gasteiger partial charge in [0.1, 0.15) is 0 Å². The molecular weight excluding hydrogens is 206 g/mol. The molecule has 1 aromatic carbocycles. The van der Waals surface area contributed by atoms with Gasteiger partial charge in [-0.2, -0.15) is 0 Å². The lowest BCUT2D eigenvalue weighted by Crippen LogP contribution is -2.37. The third-order valence-electron chi connectivity index (χ3n) is 5.15. The van der Waals surface area contributed by atoms with E-state index in [4.69, 9.17) is 5.73 Å². The van der Waals surface area contributed by atoms with Gasteiger partial charge in [-0.15, -0.1) is 0 Å². The lowest BCUT2D eigenvalue weighted by molar-refractivity contribution is 0.171. The Hall–Kier alpha value is -0.820. The van der Waals surface area contributed by atoms with Crippen LogP contribution in [0.2, 0.25) is 0 Å². The molecule has 0 amide bonds. The molecule has 1 nitrogen and oxygen atoms in total. The first-order valence-electron chi connectivity index (χ1n) is 6.97. The number of benzene rings is 1. The Morgan fingerprint density at radius 3 is 2.82 bits per heavy atom. The molecule has 17 heavy (non-hydrogen) atoms. The molecule has 0 heterocycles. The number of rotatable bonds is 3. The van der Waals surface area contributed by atoms with Gasteiger partial charge < -0.3 is 5.73 Å². The second-order valence-corrected chi connectivity index (χ2v) is 6.31. The molecular formula is C16H23N. The van der Waals surface area contributed by atoms with Gasteiger partial charge in [-0.1, -0.05) is 36.2 Å². The van der Waals surface area contributed by atoms with Gasteiger partial charge >= 0.3 is 0 Å². The summed E-state index contributed by atoms with van der Waals surface area (Å²) in [6.07, 6.45) is 6.91. The van der Waals surface area contributed by atoms with Crippen LogP contribution in [-0.4, -0.2) is 6.54 Å². The fourth-order valence-electron chi connectivity index (χ4n) is 4.33. The highest BCUT2D eigenvalue weighted by Crippen LogP contribution is 2.56. The summed E-state index contributed by atoms with van der Waals surface area (Å²) < 4.78 is 0. The number of nitrogens with two attached hydrogens (primary N) is 1. The molecule has 0 aliphatic heterocycles. The van der Waals surface area contributed by atoms with E-state index in [1.165, 1.54) is 43.2 Å². The predicted octanol–water partition coefficient (Wildman–Crippen LogP) is 3.30. The molecule has 3 atom stereocenters. The molecule has 2 N–H and O–H groups in total. The Morgan fingerprint density at radius 2 is 2.24 bits per heavy atom. The van der Waals surface area contributed by atoms with Crippen molar-refractivity contribution in [2.24, 2.45) is 23.0 Å². The minimum Gasteiger partial charge on any atom is -0.330 e. The molecule has 2 aliphatic carbocycles. The van der Waals surface area contributed by atoms with E-state index in [0.29, 0.717) is 5.41 Å². The van der Waals surface area contributed by atoms with Crippen LogP contribution in [0.4, 0.5) is 0 Å². The van der Waals surface area contributed by atoms with Crippen LogP contribution in [0.5, 0.6) is 0 Å². The molecule has 0 spiro atoms. The number of aryl methyl sites for hydroxylation is 1. The van der Waals surface area contributed by atoms with Crippen LogP contribution in [0.15, 0.2) is 24.3 Å². The van der Waals surface area contributed by atoms with Crippen LogP contribution in [0, 0.1) is 24.2 Å². The van der Waals surface area contributed by atoms with Crippen LogP contribution in [0.3, 0.4) is 0 Å². The maximum absolute atomic E-state index is 6.14. The van der Waals surface area contributed by atoms with Crippen LogP contribution in [0.25, 0.3) is 0 Å². The SMILES string of the molecule is Cc1cccc(CC2(CN)CC3CCC2C3)c1. The highest BCUT2D eigenvalue weighted by atomic mass is 14.7. The molecule has 1 heteroatoms. The van der Waals surface area contributed by atoms with Crippen molar-refractivity contribution < 1.29 is 0 Å². The number of hydrogen-bond donors (Lipinski definition) is 1. The third kappa shape index (κ3) is 1.91. The molecule has 3 rings (SSSR count). The highest BCUT2D eigenvalue weighted by Gasteiger charge is 2.49. The van der Waals surface area contributed by atoms with E-state index in [9.17, 15) is 0 Å². The summed E-state index contributed by atoms with van der Waals surface area (Å²) in [5, 5.41) is 0. The zero-order valence-electron chi connectivity index (χ0n) is 10.8. The quantitative estimate of drug-likeness (QED) is 0.845. The van der Waals surface area contributed by atoms with Crippen molar-refractivity contribution >= 4 is 0 Å². The topological polar surface area (TPSA) is 26.0 Å². The summed E-state index contributed by atoms with van der Waals surface area (Å²) in [5.41, 5.74) is 9.43. The highest BCUT2D eigenvalue weighted by molar-refractivity contribution is 5.24. The maximum atomic E-state index is 6.14. The molecule has 2 bridgehead atoms. The van der Waals surface area contributed by atoms with E-state index in [1.54, 1.807) is 0 Å². The minimum atomic E-state index is 0.427. The smallest absolute Gasteiger partial charge is 0.00146 e. The number of hydrogen-bond acceptors (Lipinski definition) is 1. The second kappa shape index (κ2) is 4.13. The van der Waals surface area contributed by atoms with Gasteiger partial charge in [-0.25, -0.2) is 0 Å². The minimum absolute atomic E-state index is 0.427. The van der Waals surface area contributed by atoms with E-state index < -0.39 is 0 Å². The summed E-state index contributed by atoms with van der Waals surface area (Å²) in [5.74, 6) is 1.88. The second-order valence-electron chi connectivity index (χ2n) is 6.31. The average Bonchev–Trinajstić information content (AvgIpc) is 2.89. The summed E-state index contributed by atoms with van der Waals surface area (Å²) in [4.78, 5) is 0. The fraction of sp³-hybridized carbons (Fsp3) is 0.625. The largest absolute Gasteiger partial charge is 0.330 e. The third-order valence-corrected chi connectivity index (χ3v) is 5.15. The first-order chi connectivity index (χ1) is 8.22. The normalized spacial score (nSPS) is 35.4. The lowest BCUT2D eigenvalue weighted by Gasteiger charge is -2.37. The molecule has 3 unspecified atom stereocenters. The van der Waals surface area contributed by atoms with Gasteiger partial charge in [0.15, 0.2) is 0 Å². The lowest BCUT2D eigenvalue weighted by atomic mass is 9.69. The van der Waals surface area contributed by atoms with E-state index >= 15 is 0 Å². The maximum Gasteiger partial charge on any atom is -0.00146 e. The van der Waals surface area contributed by atoms with Gasteiger partial charge in [0.05, 0.1) is 0 Å². The molecule has 2 fully saturated rings. The summed E-state index contributed by atoms with van der Waals surface area (Å²) >= 11 is 0. The van der Waals surface area contributed by atoms with Gasteiger partial charge in [0.25, 0.3) is 0 Å². The zero-order valence-corrected chi connectivity index (χ0v) is 10.8. The van der Waals surface area contributed by atoms with E-state index in [-0.39, 0.29) is 0 Å². The van der Waals surface area contributed by atoms with Crippen molar-refractivity contribution in [3.63, 3.8) is 0 Å². The Bertz CT molecular complexity index is 412. The predicted molar refractivity (Wildman–Crippen MR) is 71.8 cm³/mol. The van der Waals surface area contributed by atoms with Crippen LogP contribution < -0.4 is 5.73 Å². The molecule has 92 valence electrons. The van der Waals surface area contributed by atoms with E-state index in [1.807, 2.05) is 0 Å². The Morgan fingerprint density at radius 1 is 1.35 bits per heavy atom. The van der Waals surface area contributed by atoms with Gasteiger partial charge in [-0.3, -0.25) is 0 Å². The molecule has 1 aromatic rings. The first-order valence-corrected chi connectivity index (χ1v) is 6.97. The Labute approximate surface area is 104 Å². The average molecular weight is 229 g/mol. The molecule has 2 aliphatic rings. The summed E-state index contributed by atoms with van der Waals surface area (Å²) in [7, 11) is 0. The summed E-state index contributed by atoms with van der Waals surface area (Å²) in [6.45, 7) is 3.06. The van der Waals surface area contributed by atoms with E-state index in [2.05, 4.69) is 31.2 Å². The van der Waals surface area contributed by atoms with Crippen LogP contribution >= 0.6 is 0 Å². The van der Waals surface area contributed by atoms with Crippen molar-refractivity contribution in [1.82, 2.24) is 0 Å². The summed E-state index contributed by atoms with van der Waals surface area (Å²) in [6, 6.07) is 8.97. The van der Waals surface area contributed by atoms with Crippen molar-refractivity contribution in [2.75, 3.05) is 6.54 Å².